The van der Waals surface area contributed by atoms with Gasteiger partial charge in [0.1, 0.15) is 11.2 Å². The fraction of sp³-hybridized carbons (Fsp3) is 0.889. The smallest absolute Gasteiger partial charge is 0.197 e. The summed E-state index contributed by atoms with van der Waals surface area (Å²) in [6.07, 6.45) is 0.138. The van der Waals surface area contributed by atoms with E-state index in [1.165, 1.54) is 13.8 Å². The normalized spacial score (nSPS) is 56.8. The molecule has 36 heavy (non-hydrogen) atoms. The molecule has 1 aliphatic heterocycles. The average molecular weight is 511 g/mol. The van der Waals surface area contributed by atoms with Gasteiger partial charge in [0.25, 0.3) is 0 Å². The molecule has 4 fully saturated rings. The van der Waals surface area contributed by atoms with Gasteiger partial charge in [-0.25, -0.2) is 0 Å². The van der Waals surface area contributed by atoms with Crippen LogP contribution < -0.4 is 0 Å². The molecule has 12 atom stereocenters. The maximum absolute atomic E-state index is 13.3. The number of carbonyl (C=O) groups excluding carboxylic acids is 1. The van der Waals surface area contributed by atoms with E-state index in [1.54, 1.807) is 6.08 Å². The minimum atomic E-state index is -2.14. The summed E-state index contributed by atoms with van der Waals surface area (Å²) in [6, 6.07) is 0. The molecule has 0 aromatic carbocycles. The summed E-state index contributed by atoms with van der Waals surface area (Å²) < 4.78 is 5.47. The van der Waals surface area contributed by atoms with Crippen LogP contribution in [0.25, 0.3) is 0 Å². The van der Waals surface area contributed by atoms with Crippen molar-refractivity contribution in [1.82, 2.24) is 0 Å². The van der Waals surface area contributed by atoms with Gasteiger partial charge < -0.3 is 40.5 Å². The Labute approximate surface area is 211 Å². The van der Waals surface area contributed by atoms with Crippen molar-refractivity contribution >= 4 is 5.78 Å². The molecule has 1 heterocycles. The number of ether oxygens (including phenoxy) is 1. The van der Waals surface area contributed by atoms with Crippen molar-refractivity contribution in [3.8, 4) is 0 Å². The molecule has 0 bridgehead atoms. The first-order chi connectivity index (χ1) is 16.4. The number of rotatable bonds is 2. The Hall–Kier alpha value is -0.910. The van der Waals surface area contributed by atoms with Gasteiger partial charge in [-0.2, -0.15) is 0 Å². The van der Waals surface area contributed by atoms with Gasteiger partial charge in [-0.1, -0.05) is 13.8 Å². The second-order valence-corrected chi connectivity index (χ2v) is 13.4. The van der Waals surface area contributed by atoms with Gasteiger partial charge in [-0.15, -0.1) is 0 Å². The standard InChI is InChI=1S/C27H42O9/c1-22-13-19(30)18(29)12-16(22)17(28)11-15-14(22)5-7-23(2)20(6-8-26(15,23)34)25(4,33)27(35)10-9-24(3,32)21(31)36-27/h11,14,16,18-21,29-35H,5-10,12-13H2,1-4H3/t14-,16-,18+,19-,20-,21+,22+,23+,24-,25+,26+,27+/m0/s1. The molecule has 0 amide bonds. The lowest BCUT2D eigenvalue weighted by Gasteiger charge is -2.61. The summed E-state index contributed by atoms with van der Waals surface area (Å²) >= 11 is 0. The first-order valence-corrected chi connectivity index (χ1v) is 13.3. The highest BCUT2D eigenvalue weighted by Gasteiger charge is 2.71. The van der Waals surface area contributed by atoms with E-state index >= 15 is 0 Å². The molecule has 5 rings (SSSR count). The molecule has 3 saturated carbocycles. The first kappa shape index (κ1) is 26.7. The molecule has 9 heteroatoms. The Kier molecular flexibility index (Phi) is 5.80. The van der Waals surface area contributed by atoms with Crippen LogP contribution in [-0.2, 0) is 9.53 Å². The van der Waals surface area contributed by atoms with Crippen LogP contribution in [0.3, 0.4) is 0 Å². The fourth-order valence-corrected chi connectivity index (χ4v) is 8.83. The van der Waals surface area contributed by atoms with Gasteiger partial charge in [0, 0.05) is 23.7 Å². The van der Waals surface area contributed by atoms with E-state index in [4.69, 9.17) is 4.74 Å². The number of aliphatic hydroxyl groups is 7. The van der Waals surface area contributed by atoms with Crippen molar-refractivity contribution in [3.63, 3.8) is 0 Å². The second kappa shape index (κ2) is 7.82. The van der Waals surface area contributed by atoms with Crippen molar-refractivity contribution < 1.29 is 45.3 Å². The monoisotopic (exact) mass is 510 g/mol. The van der Waals surface area contributed by atoms with Gasteiger partial charge in [0.05, 0.1) is 17.8 Å². The Morgan fingerprint density at radius 2 is 1.61 bits per heavy atom. The molecule has 204 valence electrons. The number of hydrogen-bond donors (Lipinski definition) is 7. The van der Waals surface area contributed by atoms with Crippen LogP contribution in [0.15, 0.2) is 11.6 Å². The minimum absolute atomic E-state index is 0.0180. The highest BCUT2D eigenvalue weighted by molar-refractivity contribution is 5.95. The molecule has 0 aromatic heterocycles. The predicted octanol–water partition coefficient (Wildman–Crippen LogP) is 0.510. The van der Waals surface area contributed by atoms with E-state index in [-0.39, 0.29) is 43.8 Å². The molecule has 1 saturated heterocycles. The molecule has 9 nitrogen and oxygen atoms in total. The molecule has 0 radical (unpaired) electrons. The quantitative estimate of drug-likeness (QED) is 0.280. The lowest BCUT2D eigenvalue weighted by molar-refractivity contribution is -0.404. The van der Waals surface area contributed by atoms with Crippen LogP contribution >= 0.6 is 0 Å². The molecule has 0 aromatic rings. The Balaban J connectivity index is 1.51. The van der Waals surface area contributed by atoms with Crippen LogP contribution in [0.2, 0.25) is 0 Å². The Morgan fingerprint density at radius 3 is 2.25 bits per heavy atom. The van der Waals surface area contributed by atoms with E-state index < -0.39 is 63.8 Å². The number of carbonyl (C=O) groups is 1. The van der Waals surface area contributed by atoms with E-state index in [0.717, 1.165) is 0 Å². The van der Waals surface area contributed by atoms with Crippen LogP contribution in [0.1, 0.15) is 79.1 Å². The topological polar surface area (TPSA) is 168 Å². The zero-order valence-electron chi connectivity index (χ0n) is 21.6. The van der Waals surface area contributed by atoms with Crippen molar-refractivity contribution in [2.75, 3.05) is 0 Å². The molecule has 5 aliphatic rings. The van der Waals surface area contributed by atoms with Crippen molar-refractivity contribution in [1.29, 1.82) is 0 Å². The summed E-state index contributed by atoms with van der Waals surface area (Å²) in [5.41, 5.74) is -5.71. The SMILES string of the molecule is C[C@]12C[C@H](O)[C@H](O)C[C@H]1C(=O)C=C1[C@@H]2CC[C@]2(C)[C@@H]([C@@](C)(O)[C@@]3(O)CC[C@](C)(O)[C@H](O)O3)CC[C@@]12O. The summed E-state index contributed by atoms with van der Waals surface area (Å²) in [4.78, 5) is 13.3. The zero-order valence-corrected chi connectivity index (χ0v) is 21.6. The number of aliphatic hydroxyl groups excluding tert-OH is 3. The summed E-state index contributed by atoms with van der Waals surface area (Å²) in [6.45, 7) is 6.73. The highest BCUT2D eigenvalue weighted by Crippen LogP contribution is 2.69. The number of ketones is 1. The maximum atomic E-state index is 13.3. The molecule has 4 aliphatic carbocycles. The highest BCUT2D eigenvalue weighted by atomic mass is 16.7. The third-order valence-corrected chi connectivity index (χ3v) is 11.4. The molecule has 0 spiro atoms. The molecule has 0 unspecified atom stereocenters. The van der Waals surface area contributed by atoms with Gasteiger partial charge in [0.15, 0.2) is 17.9 Å². The third kappa shape index (κ3) is 3.27. The number of allylic oxidation sites excluding steroid dienone is 1. The van der Waals surface area contributed by atoms with Crippen LogP contribution in [-0.4, -0.2) is 82.6 Å². The molecule has 7 N–H and O–H groups in total. The van der Waals surface area contributed by atoms with Gasteiger partial charge >= 0.3 is 0 Å². The Bertz CT molecular complexity index is 976. The van der Waals surface area contributed by atoms with Crippen LogP contribution in [0, 0.1) is 28.6 Å². The van der Waals surface area contributed by atoms with E-state index in [0.29, 0.717) is 24.8 Å². The first-order valence-electron chi connectivity index (χ1n) is 13.3. The zero-order chi connectivity index (χ0) is 26.7. The largest absolute Gasteiger partial charge is 0.390 e. The Morgan fingerprint density at radius 1 is 0.944 bits per heavy atom. The number of hydrogen-bond acceptors (Lipinski definition) is 9. The lowest BCUT2D eigenvalue weighted by Crippen LogP contribution is -2.68. The van der Waals surface area contributed by atoms with Gasteiger partial charge in [-0.05, 0) is 81.8 Å². The minimum Gasteiger partial charge on any atom is -0.390 e. The second-order valence-electron chi connectivity index (χ2n) is 13.4. The van der Waals surface area contributed by atoms with Gasteiger partial charge in [-0.3, -0.25) is 4.79 Å². The van der Waals surface area contributed by atoms with E-state index in [9.17, 15) is 40.5 Å². The van der Waals surface area contributed by atoms with Crippen LogP contribution in [0.4, 0.5) is 0 Å². The summed E-state index contributed by atoms with van der Waals surface area (Å²) in [5.74, 6) is -3.50. The van der Waals surface area contributed by atoms with E-state index in [1.807, 2.05) is 13.8 Å². The van der Waals surface area contributed by atoms with E-state index in [2.05, 4.69) is 0 Å². The van der Waals surface area contributed by atoms with Gasteiger partial charge in [0.2, 0.25) is 0 Å². The van der Waals surface area contributed by atoms with Crippen molar-refractivity contribution in [3.05, 3.63) is 11.6 Å². The summed E-state index contributed by atoms with van der Waals surface area (Å²) in [7, 11) is 0. The molecular weight excluding hydrogens is 468 g/mol. The third-order valence-electron chi connectivity index (χ3n) is 11.4. The summed E-state index contributed by atoms with van der Waals surface area (Å²) in [5, 5.41) is 76.9. The lowest BCUT2D eigenvalue weighted by atomic mass is 9.45. The average Bonchev–Trinajstić information content (AvgIpc) is 3.06. The van der Waals surface area contributed by atoms with Crippen molar-refractivity contribution in [2.45, 2.75) is 120 Å². The van der Waals surface area contributed by atoms with Crippen molar-refractivity contribution in [2.24, 2.45) is 28.6 Å². The molecular formula is C27H42O9. The van der Waals surface area contributed by atoms with Crippen LogP contribution in [0.5, 0.6) is 0 Å². The fourth-order valence-electron chi connectivity index (χ4n) is 8.83. The number of fused-ring (bicyclic) bond motifs is 5. The maximum Gasteiger partial charge on any atom is 0.197 e. The predicted molar refractivity (Wildman–Crippen MR) is 127 cm³/mol.